The second kappa shape index (κ2) is 5.72. The fraction of sp³-hybridized carbons (Fsp3) is 0.500. The molecule has 0 saturated carbocycles. The van der Waals surface area contributed by atoms with Gasteiger partial charge < -0.3 is 9.53 Å². The molecule has 0 unspecified atom stereocenters. The van der Waals surface area contributed by atoms with E-state index >= 15 is 0 Å². The molecule has 0 aliphatic heterocycles. The molecule has 0 spiro atoms. The predicted octanol–water partition coefficient (Wildman–Crippen LogP) is 0.202. The van der Waals surface area contributed by atoms with Crippen molar-refractivity contribution in [2.24, 2.45) is 0 Å². The van der Waals surface area contributed by atoms with E-state index in [1.165, 1.54) is 5.37 Å². The highest BCUT2D eigenvalue weighted by molar-refractivity contribution is 7.79. The van der Waals surface area contributed by atoms with Crippen LogP contribution in [0.4, 0.5) is 0 Å². The van der Waals surface area contributed by atoms with Gasteiger partial charge in [0.05, 0.1) is 6.61 Å². The molecule has 0 aliphatic rings. The third-order valence-corrected chi connectivity index (χ3v) is 0.508. The maximum atomic E-state index is 9.51. The minimum absolute atomic E-state index is 0.146. The van der Waals surface area contributed by atoms with E-state index in [9.17, 15) is 4.79 Å². The van der Waals surface area contributed by atoms with Crippen molar-refractivity contribution in [1.29, 1.82) is 0 Å². The average molecular weight is 118 g/mol. The zero-order valence-electron chi connectivity index (χ0n) is 3.79. The minimum Gasteiger partial charge on any atom is -0.369 e. The quantitative estimate of drug-likeness (QED) is 0.300. The van der Waals surface area contributed by atoms with Crippen LogP contribution in [0, 0.1) is 0 Å². The van der Waals surface area contributed by atoms with Gasteiger partial charge in [-0.15, -0.1) is 0 Å². The zero-order valence-corrected chi connectivity index (χ0v) is 4.61. The van der Waals surface area contributed by atoms with Crippen molar-refractivity contribution < 1.29 is 9.53 Å². The van der Waals surface area contributed by atoms with Crippen LogP contribution in [0.1, 0.15) is 0 Å². The van der Waals surface area contributed by atoms with E-state index in [-0.39, 0.29) is 6.61 Å². The van der Waals surface area contributed by atoms with Gasteiger partial charge >= 0.3 is 0 Å². The predicted molar refractivity (Wildman–Crippen MR) is 30.5 cm³/mol. The highest BCUT2D eigenvalue weighted by Gasteiger charge is 1.75. The fourth-order valence-corrected chi connectivity index (χ4v) is 0.260. The lowest BCUT2D eigenvalue weighted by Crippen LogP contribution is -1.96. The Hall–Kier alpha value is -0.280. The Bertz CT molecular complexity index is 54.7. The summed E-state index contributed by atoms with van der Waals surface area (Å²) in [7, 11) is 0. The van der Waals surface area contributed by atoms with Crippen molar-refractivity contribution in [2.75, 3.05) is 13.2 Å². The van der Waals surface area contributed by atoms with Gasteiger partial charge in [0.25, 0.3) is 0 Å². The monoisotopic (exact) mass is 118 g/mol. The summed E-state index contributed by atoms with van der Waals surface area (Å²) in [4.78, 5) is 9.51. The molecule has 0 fully saturated rings. The molecule has 0 amide bonds. The smallest absolute Gasteiger partial charge is 0.145 e. The highest BCUT2D eigenvalue weighted by atomic mass is 32.1. The third-order valence-electron chi connectivity index (χ3n) is 0.372. The molecule has 0 aromatic carbocycles. The van der Waals surface area contributed by atoms with E-state index in [1.54, 1.807) is 0 Å². The van der Waals surface area contributed by atoms with Crippen molar-refractivity contribution in [1.82, 2.24) is 0 Å². The van der Waals surface area contributed by atoms with E-state index in [2.05, 4.69) is 17.0 Å². The number of rotatable bonds is 4. The van der Waals surface area contributed by atoms with Crippen molar-refractivity contribution in [3.05, 3.63) is 0 Å². The SMILES string of the molecule is O=CCOCC=S. The topological polar surface area (TPSA) is 26.3 Å². The molecule has 0 atom stereocenters. The third kappa shape index (κ3) is 5.72. The van der Waals surface area contributed by atoms with Crippen LogP contribution in [0.5, 0.6) is 0 Å². The molecule has 0 rings (SSSR count). The number of ether oxygens (including phenoxy) is 1. The van der Waals surface area contributed by atoms with Crippen LogP contribution in [0.25, 0.3) is 0 Å². The summed E-state index contributed by atoms with van der Waals surface area (Å²) in [5, 5.41) is 1.43. The normalized spacial score (nSPS) is 8.00. The Morgan fingerprint density at radius 2 is 2.29 bits per heavy atom. The number of hydrogen-bond donors (Lipinski definition) is 0. The fourth-order valence-electron chi connectivity index (χ4n) is 0.164. The second-order valence-electron chi connectivity index (χ2n) is 0.871. The van der Waals surface area contributed by atoms with E-state index in [1.807, 2.05) is 0 Å². The Morgan fingerprint density at radius 3 is 2.71 bits per heavy atom. The maximum Gasteiger partial charge on any atom is 0.145 e. The number of thiocarbonyl (C=S) groups is 1. The molecule has 0 bridgehead atoms. The largest absolute Gasteiger partial charge is 0.369 e. The lowest BCUT2D eigenvalue weighted by molar-refractivity contribution is -0.111. The Morgan fingerprint density at radius 1 is 1.57 bits per heavy atom. The molecule has 0 saturated heterocycles. The number of carbonyl (C=O) groups is 1. The number of hydrogen-bond acceptors (Lipinski definition) is 3. The molecule has 2 nitrogen and oxygen atoms in total. The first-order valence-corrected chi connectivity index (χ1v) is 2.34. The number of aldehydes is 1. The first-order valence-electron chi connectivity index (χ1n) is 1.87. The molecule has 3 heteroatoms. The van der Waals surface area contributed by atoms with Crippen LogP contribution >= 0.6 is 12.2 Å². The standard InChI is InChI=1S/C4H6O2S/c5-1-2-6-3-4-7/h1,4H,2-3H2. The Labute approximate surface area is 47.5 Å². The Balaban J connectivity index is 2.68. The van der Waals surface area contributed by atoms with Gasteiger partial charge in [-0.1, -0.05) is 12.2 Å². The lowest BCUT2D eigenvalue weighted by atomic mass is 10.8. The van der Waals surface area contributed by atoms with E-state index in [0.717, 1.165) is 0 Å². The van der Waals surface area contributed by atoms with Gasteiger partial charge in [-0.05, 0) is 0 Å². The molecule has 7 heavy (non-hydrogen) atoms. The van der Waals surface area contributed by atoms with Crippen molar-refractivity contribution >= 4 is 23.9 Å². The van der Waals surface area contributed by atoms with Gasteiger partial charge in [-0.25, -0.2) is 0 Å². The van der Waals surface area contributed by atoms with Gasteiger partial charge in [0, 0.05) is 5.37 Å². The minimum atomic E-state index is 0.146. The summed E-state index contributed by atoms with van der Waals surface area (Å²) < 4.78 is 4.60. The van der Waals surface area contributed by atoms with Crippen LogP contribution in [-0.2, 0) is 9.53 Å². The van der Waals surface area contributed by atoms with Crippen LogP contribution in [0.2, 0.25) is 0 Å². The number of carbonyl (C=O) groups excluding carboxylic acids is 1. The van der Waals surface area contributed by atoms with Crippen LogP contribution in [0.15, 0.2) is 0 Å². The summed E-state index contributed by atoms with van der Waals surface area (Å²) >= 11 is 4.40. The molecule has 0 radical (unpaired) electrons. The van der Waals surface area contributed by atoms with Crippen molar-refractivity contribution in [3.8, 4) is 0 Å². The summed E-state index contributed by atoms with van der Waals surface area (Å²) in [6, 6.07) is 0. The zero-order chi connectivity index (χ0) is 5.54. The highest BCUT2D eigenvalue weighted by Crippen LogP contribution is 1.64. The van der Waals surface area contributed by atoms with E-state index < -0.39 is 0 Å². The molecular weight excluding hydrogens is 112 g/mol. The summed E-state index contributed by atoms with van der Waals surface area (Å²) in [5.74, 6) is 0. The molecule has 0 heterocycles. The first kappa shape index (κ1) is 6.72. The van der Waals surface area contributed by atoms with Crippen LogP contribution in [0.3, 0.4) is 0 Å². The summed E-state index contributed by atoms with van der Waals surface area (Å²) in [6.07, 6.45) is 0.693. The molecule has 0 aromatic heterocycles. The van der Waals surface area contributed by atoms with Gasteiger partial charge in [0.1, 0.15) is 12.9 Å². The van der Waals surface area contributed by atoms with Gasteiger partial charge in [0.2, 0.25) is 0 Å². The molecule has 40 valence electrons. The molecule has 0 N–H and O–H groups in total. The van der Waals surface area contributed by atoms with Gasteiger partial charge in [-0.2, -0.15) is 0 Å². The van der Waals surface area contributed by atoms with Crippen molar-refractivity contribution in [3.63, 3.8) is 0 Å². The van der Waals surface area contributed by atoms with Crippen molar-refractivity contribution in [2.45, 2.75) is 0 Å². The van der Waals surface area contributed by atoms with E-state index in [4.69, 9.17) is 0 Å². The van der Waals surface area contributed by atoms with Crippen LogP contribution in [-0.4, -0.2) is 24.9 Å². The first-order chi connectivity index (χ1) is 3.41. The maximum absolute atomic E-state index is 9.51. The molecule has 0 aliphatic carbocycles. The van der Waals surface area contributed by atoms with Gasteiger partial charge in [-0.3, -0.25) is 0 Å². The van der Waals surface area contributed by atoms with Gasteiger partial charge in [0.15, 0.2) is 0 Å². The Kier molecular flexibility index (Phi) is 5.49. The average Bonchev–Trinajstić information content (AvgIpc) is 1.69. The van der Waals surface area contributed by atoms with E-state index in [0.29, 0.717) is 12.9 Å². The summed E-state index contributed by atoms with van der Waals surface area (Å²) in [6.45, 7) is 0.529. The molecule has 0 aromatic rings. The van der Waals surface area contributed by atoms with Crippen LogP contribution < -0.4 is 0 Å². The summed E-state index contributed by atoms with van der Waals surface area (Å²) in [5.41, 5.74) is 0. The molecular formula is C4H6O2S. The lowest BCUT2D eigenvalue weighted by Gasteiger charge is -1.86. The second-order valence-corrected chi connectivity index (χ2v) is 1.20.